The highest BCUT2D eigenvalue weighted by Crippen LogP contribution is 2.50. The molecular weight excluding hydrogens is 318 g/mol. The Kier molecular flexibility index (Phi) is 4.73. The second-order valence-corrected chi connectivity index (χ2v) is 6.50. The van der Waals surface area contributed by atoms with Crippen LogP contribution in [0.3, 0.4) is 0 Å². The fourth-order valence-corrected chi connectivity index (χ4v) is 3.77. The summed E-state index contributed by atoms with van der Waals surface area (Å²) in [7, 11) is 0. The third-order valence-corrected chi connectivity index (χ3v) is 5.21. The zero-order valence-corrected chi connectivity index (χ0v) is 13.6. The van der Waals surface area contributed by atoms with Crippen molar-refractivity contribution in [2.75, 3.05) is 25.0 Å². The molecule has 2 N–H and O–H groups in total. The number of halogens is 2. The van der Waals surface area contributed by atoms with E-state index < -0.39 is 23.8 Å². The minimum absolute atomic E-state index is 0.0417. The number of carbonyl (C=O) groups is 1. The van der Waals surface area contributed by atoms with Crippen LogP contribution in [0, 0.1) is 17.0 Å². The van der Waals surface area contributed by atoms with Gasteiger partial charge in [-0.25, -0.2) is 13.6 Å². The Balaban J connectivity index is 1.59. The van der Waals surface area contributed by atoms with E-state index in [-0.39, 0.29) is 17.2 Å². The number of aliphatic hydroxyl groups excluding tert-OH is 1. The number of aliphatic hydroxyl groups is 1. The fraction of sp³-hybridized carbons (Fsp3) is 0.588. The first-order valence-electron chi connectivity index (χ1n) is 8.26. The molecule has 7 heteroatoms. The number of nitrogens with zero attached hydrogens (tertiary/aromatic N) is 1. The molecule has 1 aliphatic heterocycles. The molecule has 1 spiro atoms. The van der Waals surface area contributed by atoms with Crippen LogP contribution in [0.15, 0.2) is 18.2 Å². The molecule has 132 valence electrons. The number of amides is 2. The quantitative estimate of drug-likeness (QED) is 0.889. The van der Waals surface area contributed by atoms with Crippen LogP contribution in [0.5, 0.6) is 0 Å². The van der Waals surface area contributed by atoms with Crippen molar-refractivity contribution in [3.63, 3.8) is 0 Å². The largest absolute Gasteiger partial charge is 0.392 e. The van der Waals surface area contributed by atoms with E-state index in [0.29, 0.717) is 39.0 Å². The van der Waals surface area contributed by atoms with Crippen LogP contribution >= 0.6 is 0 Å². The van der Waals surface area contributed by atoms with Gasteiger partial charge in [-0.05, 0) is 31.9 Å². The number of ether oxygens (including phenoxy) is 1. The summed E-state index contributed by atoms with van der Waals surface area (Å²) in [5.41, 5.74) is -0.175. The van der Waals surface area contributed by atoms with Gasteiger partial charge in [-0.2, -0.15) is 0 Å². The number of piperidine rings is 1. The maximum Gasteiger partial charge on any atom is 0.321 e. The first-order valence-corrected chi connectivity index (χ1v) is 8.26. The summed E-state index contributed by atoms with van der Waals surface area (Å²) in [4.78, 5) is 13.9. The minimum atomic E-state index is -0.736. The van der Waals surface area contributed by atoms with Gasteiger partial charge in [0.15, 0.2) is 0 Å². The van der Waals surface area contributed by atoms with Gasteiger partial charge in [0, 0.05) is 43.3 Å². The van der Waals surface area contributed by atoms with Gasteiger partial charge in [0.25, 0.3) is 0 Å². The number of urea groups is 1. The molecule has 2 atom stereocenters. The van der Waals surface area contributed by atoms with Crippen molar-refractivity contribution in [1.82, 2.24) is 4.90 Å². The maximum absolute atomic E-state index is 13.2. The lowest BCUT2D eigenvalue weighted by atomic mass is 9.58. The molecule has 5 nitrogen and oxygen atoms in total. The Bertz CT molecular complexity index is 596. The lowest BCUT2D eigenvalue weighted by Gasteiger charge is -2.56. The summed E-state index contributed by atoms with van der Waals surface area (Å²) in [6.45, 7) is 3.49. The Hall–Kier alpha value is -1.73. The van der Waals surface area contributed by atoms with Crippen LogP contribution in [-0.2, 0) is 4.74 Å². The molecule has 0 bridgehead atoms. The molecule has 1 aliphatic carbocycles. The number of likely N-dealkylation sites (tertiary alicyclic amines) is 1. The SMILES string of the molecule is CCO[C@@H]1C[C@@H](O)C12CCN(C(=O)Nc1cc(F)cc(F)c1)CC2. The first-order chi connectivity index (χ1) is 11.4. The summed E-state index contributed by atoms with van der Waals surface area (Å²) in [6.07, 6.45) is 1.60. The summed E-state index contributed by atoms with van der Waals surface area (Å²) in [6, 6.07) is 2.52. The first kappa shape index (κ1) is 17.1. The average molecular weight is 340 g/mol. The van der Waals surface area contributed by atoms with Gasteiger partial charge < -0.3 is 20.1 Å². The maximum atomic E-state index is 13.2. The predicted octanol–water partition coefficient (Wildman–Crippen LogP) is 2.75. The molecule has 1 heterocycles. The Morgan fingerprint density at radius 3 is 2.50 bits per heavy atom. The van der Waals surface area contributed by atoms with Gasteiger partial charge in [-0.3, -0.25) is 0 Å². The standard InChI is InChI=1S/C17H22F2N2O3/c1-2-24-15-10-14(22)17(15)3-5-21(6-4-17)16(23)20-13-8-11(18)7-12(19)9-13/h7-9,14-15,22H,2-6,10H2,1H3,(H,20,23)/t14-,15-/m1/s1. The van der Waals surface area contributed by atoms with E-state index in [9.17, 15) is 18.7 Å². The van der Waals surface area contributed by atoms with E-state index in [1.54, 1.807) is 4.90 Å². The van der Waals surface area contributed by atoms with E-state index >= 15 is 0 Å². The van der Waals surface area contributed by atoms with Gasteiger partial charge in [-0.1, -0.05) is 0 Å². The van der Waals surface area contributed by atoms with Crippen LogP contribution < -0.4 is 5.32 Å². The highest BCUT2D eigenvalue weighted by atomic mass is 19.1. The lowest BCUT2D eigenvalue weighted by Crippen LogP contribution is -2.63. The molecule has 1 aromatic carbocycles. The van der Waals surface area contributed by atoms with Gasteiger partial charge in [0.05, 0.1) is 12.2 Å². The van der Waals surface area contributed by atoms with Crippen molar-refractivity contribution >= 4 is 11.7 Å². The van der Waals surface area contributed by atoms with Gasteiger partial charge in [0.2, 0.25) is 0 Å². The van der Waals surface area contributed by atoms with Crippen molar-refractivity contribution in [2.24, 2.45) is 5.41 Å². The number of hydrogen-bond donors (Lipinski definition) is 2. The molecule has 2 aliphatic rings. The van der Waals surface area contributed by atoms with E-state index in [2.05, 4.69) is 5.32 Å². The molecule has 2 amide bonds. The number of carbonyl (C=O) groups excluding carboxylic acids is 1. The van der Waals surface area contributed by atoms with Crippen molar-refractivity contribution in [2.45, 2.75) is 38.4 Å². The number of benzene rings is 1. The van der Waals surface area contributed by atoms with Gasteiger partial charge >= 0.3 is 6.03 Å². The minimum Gasteiger partial charge on any atom is -0.392 e. The summed E-state index contributed by atoms with van der Waals surface area (Å²) < 4.78 is 32.1. The van der Waals surface area contributed by atoms with Crippen LogP contribution in [0.2, 0.25) is 0 Å². The predicted molar refractivity (Wildman–Crippen MR) is 84.7 cm³/mol. The van der Waals surface area contributed by atoms with Crippen molar-refractivity contribution < 1.29 is 23.4 Å². The fourth-order valence-electron chi connectivity index (χ4n) is 3.77. The molecule has 24 heavy (non-hydrogen) atoms. The molecule has 0 radical (unpaired) electrons. The molecule has 2 fully saturated rings. The molecule has 3 rings (SSSR count). The van der Waals surface area contributed by atoms with Gasteiger partial charge in [0.1, 0.15) is 11.6 Å². The Morgan fingerprint density at radius 2 is 1.96 bits per heavy atom. The summed E-state index contributed by atoms with van der Waals surface area (Å²) in [5, 5.41) is 12.7. The third-order valence-electron chi connectivity index (χ3n) is 5.21. The number of hydrogen-bond acceptors (Lipinski definition) is 3. The normalized spacial score (nSPS) is 25.4. The van der Waals surface area contributed by atoms with Crippen molar-refractivity contribution in [3.8, 4) is 0 Å². The zero-order chi connectivity index (χ0) is 17.3. The van der Waals surface area contributed by atoms with Crippen LogP contribution in [0.25, 0.3) is 0 Å². The molecule has 0 unspecified atom stereocenters. The topological polar surface area (TPSA) is 61.8 Å². The van der Waals surface area contributed by atoms with Crippen molar-refractivity contribution in [1.29, 1.82) is 0 Å². The Labute approximate surface area is 139 Å². The monoisotopic (exact) mass is 340 g/mol. The number of nitrogens with one attached hydrogen (secondary N) is 1. The molecular formula is C17H22F2N2O3. The summed E-state index contributed by atoms with van der Waals surface area (Å²) >= 11 is 0. The molecule has 0 aromatic heterocycles. The van der Waals surface area contributed by atoms with Crippen LogP contribution in [0.4, 0.5) is 19.3 Å². The van der Waals surface area contributed by atoms with Crippen LogP contribution in [-0.4, -0.2) is 47.9 Å². The molecule has 1 aromatic rings. The lowest BCUT2D eigenvalue weighted by molar-refractivity contribution is -0.207. The van der Waals surface area contributed by atoms with E-state index in [1.165, 1.54) is 0 Å². The van der Waals surface area contributed by atoms with E-state index in [1.807, 2.05) is 6.92 Å². The number of rotatable bonds is 3. The van der Waals surface area contributed by atoms with Crippen LogP contribution in [0.1, 0.15) is 26.2 Å². The zero-order valence-electron chi connectivity index (χ0n) is 13.6. The Morgan fingerprint density at radius 1 is 1.33 bits per heavy atom. The van der Waals surface area contributed by atoms with Gasteiger partial charge in [-0.15, -0.1) is 0 Å². The highest BCUT2D eigenvalue weighted by molar-refractivity contribution is 5.89. The second-order valence-electron chi connectivity index (χ2n) is 6.50. The van der Waals surface area contributed by atoms with Crippen molar-refractivity contribution in [3.05, 3.63) is 29.8 Å². The third kappa shape index (κ3) is 3.10. The smallest absolute Gasteiger partial charge is 0.321 e. The molecule has 1 saturated heterocycles. The van der Waals surface area contributed by atoms with E-state index in [4.69, 9.17) is 4.74 Å². The average Bonchev–Trinajstić information content (AvgIpc) is 2.54. The second kappa shape index (κ2) is 6.64. The number of anilines is 1. The van der Waals surface area contributed by atoms with E-state index in [0.717, 1.165) is 18.2 Å². The summed E-state index contributed by atoms with van der Waals surface area (Å²) in [5.74, 6) is -1.47. The highest BCUT2D eigenvalue weighted by Gasteiger charge is 2.56. The molecule has 1 saturated carbocycles.